The van der Waals surface area contributed by atoms with Gasteiger partial charge in [-0.2, -0.15) is 0 Å². The van der Waals surface area contributed by atoms with Crippen LogP contribution < -0.4 is 21.1 Å². The van der Waals surface area contributed by atoms with Crippen LogP contribution >= 0.6 is 0 Å². The number of nitrogens with one attached hydrogen (secondary N) is 2. The maximum absolute atomic E-state index is 12.5. The second kappa shape index (κ2) is 8.15. The Bertz CT molecular complexity index is 954. The van der Waals surface area contributed by atoms with E-state index in [0.29, 0.717) is 29.1 Å². The number of para-hydroxylation sites is 2. The highest BCUT2D eigenvalue weighted by Gasteiger charge is 2.10. The number of fused-ring (bicyclic) bond motifs is 1. The molecule has 3 aromatic rings. The topological polar surface area (TPSA) is 85.2 Å². The molecule has 7 nitrogen and oxygen atoms in total. The third-order valence-corrected chi connectivity index (χ3v) is 3.83. The number of hydrogen-bond acceptors (Lipinski definition) is 5. The Kier molecular flexibility index (Phi) is 5.48. The molecule has 1 aromatic heterocycles. The molecule has 0 fully saturated rings. The number of rotatable bonds is 7. The minimum Gasteiger partial charge on any atom is -0.493 e. The van der Waals surface area contributed by atoms with Crippen molar-refractivity contribution in [3.63, 3.8) is 0 Å². The van der Waals surface area contributed by atoms with Gasteiger partial charge in [-0.3, -0.25) is 25.0 Å². The normalized spacial score (nSPS) is 10.5. The van der Waals surface area contributed by atoms with Gasteiger partial charge >= 0.3 is 0 Å². The molecule has 134 valence electrons. The highest BCUT2D eigenvalue weighted by atomic mass is 16.5. The van der Waals surface area contributed by atoms with E-state index >= 15 is 0 Å². The van der Waals surface area contributed by atoms with Gasteiger partial charge in [-0.1, -0.05) is 30.3 Å². The number of hydrogen-bond donors (Lipinski definition) is 2. The van der Waals surface area contributed by atoms with Crippen molar-refractivity contribution in [2.75, 3.05) is 12.0 Å². The molecule has 0 saturated carbocycles. The summed E-state index contributed by atoms with van der Waals surface area (Å²) in [6.07, 6.45) is 0.172. The van der Waals surface area contributed by atoms with Crippen LogP contribution in [0.5, 0.6) is 5.75 Å². The maximum atomic E-state index is 12.5. The van der Waals surface area contributed by atoms with Crippen LogP contribution in [0, 0.1) is 0 Å². The Morgan fingerprint density at radius 2 is 1.85 bits per heavy atom. The first kappa shape index (κ1) is 17.5. The van der Waals surface area contributed by atoms with Crippen LogP contribution in [-0.2, 0) is 11.3 Å². The van der Waals surface area contributed by atoms with Gasteiger partial charge in [-0.25, -0.2) is 4.98 Å². The van der Waals surface area contributed by atoms with E-state index in [4.69, 9.17) is 4.74 Å². The molecule has 3 rings (SSSR count). The molecule has 0 aliphatic carbocycles. The summed E-state index contributed by atoms with van der Waals surface area (Å²) >= 11 is 0. The van der Waals surface area contributed by atoms with Gasteiger partial charge < -0.3 is 4.74 Å². The first-order valence-electron chi connectivity index (χ1n) is 8.41. The Morgan fingerprint density at radius 3 is 2.62 bits per heavy atom. The molecule has 0 spiro atoms. The number of benzene rings is 2. The molecule has 0 bridgehead atoms. The quantitative estimate of drug-likeness (QED) is 0.638. The SMILES string of the molecule is CCn1c(NNC(=O)CCOc2ccccc2)nc2ccccc2c1=O. The molecule has 2 aromatic carbocycles. The summed E-state index contributed by atoms with van der Waals surface area (Å²) < 4.78 is 6.97. The number of aromatic nitrogens is 2. The lowest BCUT2D eigenvalue weighted by Gasteiger charge is -2.14. The summed E-state index contributed by atoms with van der Waals surface area (Å²) in [6.45, 7) is 2.54. The molecule has 7 heteroatoms. The van der Waals surface area contributed by atoms with Crippen LogP contribution in [0.15, 0.2) is 59.4 Å². The molecule has 26 heavy (non-hydrogen) atoms. The van der Waals surface area contributed by atoms with Crippen LogP contribution in [0.1, 0.15) is 13.3 Å². The van der Waals surface area contributed by atoms with Crippen LogP contribution in [0.2, 0.25) is 0 Å². The van der Waals surface area contributed by atoms with E-state index in [0.717, 1.165) is 0 Å². The largest absolute Gasteiger partial charge is 0.493 e. The second-order valence-corrected chi connectivity index (χ2v) is 5.59. The number of anilines is 1. The van der Waals surface area contributed by atoms with Crippen LogP contribution in [0.3, 0.4) is 0 Å². The van der Waals surface area contributed by atoms with E-state index in [1.807, 2.05) is 43.3 Å². The molecule has 1 amide bonds. The smallest absolute Gasteiger partial charge is 0.262 e. The Labute approximate surface area is 150 Å². The predicted molar refractivity (Wildman–Crippen MR) is 100.0 cm³/mol. The molecule has 0 atom stereocenters. The van der Waals surface area contributed by atoms with Crippen molar-refractivity contribution >= 4 is 22.8 Å². The molecule has 0 aliphatic heterocycles. The Morgan fingerprint density at radius 1 is 1.12 bits per heavy atom. The molecule has 0 saturated heterocycles. The first-order valence-corrected chi connectivity index (χ1v) is 8.41. The van der Waals surface area contributed by atoms with Crippen molar-refractivity contribution < 1.29 is 9.53 Å². The van der Waals surface area contributed by atoms with Gasteiger partial charge in [0, 0.05) is 6.54 Å². The highest BCUT2D eigenvalue weighted by Crippen LogP contribution is 2.11. The molecule has 1 heterocycles. The summed E-state index contributed by atoms with van der Waals surface area (Å²) in [5.41, 5.74) is 5.73. The van der Waals surface area contributed by atoms with E-state index in [2.05, 4.69) is 15.8 Å². The standard InChI is InChI=1S/C19H20N4O3/c1-2-23-18(25)15-10-6-7-11-16(15)20-19(23)22-21-17(24)12-13-26-14-8-4-3-5-9-14/h3-11H,2,12-13H2,1H3,(H,20,22)(H,21,24). The fourth-order valence-corrected chi connectivity index (χ4v) is 2.52. The number of carbonyl (C=O) groups excluding carboxylic acids is 1. The van der Waals surface area contributed by atoms with Crippen LogP contribution in [0.4, 0.5) is 5.95 Å². The number of ether oxygens (including phenoxy) is 1. The fourth-order valence-electron chi connectivity index (χ4n) is 2.52. The molecule has 2 N–H and O–H groups in total. The third kappa shape index (κ3) is 4.00. The van der Waals surface area contributed by atoms with E-state index in [1.54, 1.807) is 18.2 Å². The van der Waals surface area contributed by atoms with Crippen molar-refractivity contribution in [1.29, 1.82) is 0 Å². The molecular formula is C19H20N4O3. The minimum atomic E-state index is -0.258. The average Bonchev–Trinajstić information content (AvgIpc) is 2.67. The summed E-state index contributed by atoms with van der Waals surface area (Å²) in [7, 11) is 0. The van der Waals surface area contributed by atoms with E-state index < -0.39 is 0 Å². The summed E-state index contributed by atoms with van der Waals surface area (Å²) in [6, 6.07) is 16.4. The first-order chi connectivity index (χ1) is 12.7. The van der Waals surface area contributed by atoms with Crippen molar-refractivity contribution in [1.82, 2.24) is 15.0 Å². The van der Waals surface area contributed by atoms with Crippen molar-refractivity contribution in [2.45, 2.75) is 19.9 Å². The van der Waals surface area contributed by atoms with Crippen LogP contribution in [-0.4, -0.2) is 22.1 Å². The Balaban J connectivity index is 1.62. The van der Waals surface area contributed by atoms with E-state index in [-0.39, 0.29) is 24.5 Å². The van der Waals surface area contributed by atoms with Gasteiger partial charge in [0.15, 0.2) is 0 Å². The number of hydrazine groups is 1. The van der Waals surface area contributed by atoms with Crippen molar-refractivity contribution in [2.24, 2.45) is 0 Å². The van der Waals surface area contributed by atoms with Crippen molar-refractivity contribution in [3.8, 4) is 5.75 Å². The second-order valence-electron chi connectivity index (χ2n) is 5.59. The van der Waals surface area contributed by atoms with E-state index in [1.165, 1.54) is 4.57 Å². The zero-order valence-electron chi connectivity index (χ0n) is 14.4. The molecule has 0 unspecified atom stereocenters. The molecular weight excluding hydrogens is 332 g/mol. The monoisotopic (exact) mass is 352 g/mol. The van der Waals surface area contributed by atoms with Gasteiger partial charge in [0.25, 0.3) is 5.56 Å². The number of carbonyl (C=O) groups is 1. The molecule has 0 radical (unpaired) electrons. The van der Waals surface area contributed by atoms with Gasteiger partial charge in [0.05, 0.1) is 23.9 Å². The lowest BCUT2D eigenvalue weighted by atomic mass is 10.2. The van der Waals surface area contributed by atoms with Gasteiger partial charge in [-0.15, -0.1) is 0 Å². The number of nitrogens with zero attached hydrogens (tertiary/aromatic N) is 2. The maximum Gasteiger partial charge on any atom is 0.262 e. The predicted octanol–water partition coefficient (Wildman–Crippen LogP) is 2.33. The summed E-state index contributed by atoms with van der Waals surface area (Å²) in [5.74, 6) is 0.754. The van der Waals surface area contributed by atoms with Crippen LogP contribution in [0.25, 0.3) is 10.9 Å². The van der Waals surface area contributed by atoms with Crippen molar-refractivity contribution in [3.05, 3.63) is 65.0 Å². The van der Waals surface area contributed by atoms with Gasteiger partial charge in [-0.05, 0) is 31.2 Å². The van der Waals surface area contributed by atoms with E-state index in [9.17, 15) is 9.59 Å². The summed E-state index contributed by atoms with van der Waals surface area (Å²) in [5, 5.41) is 0.544. The van der Waals surface area contributed by atoms with Gasteiger partial charge in [0.1, 0.15) is 5.75 Å². The number of amides is 1. The summed E-state index contributed by atoms with van der Waals surface area (Å²) in [4.78, 5) is 28.9. The zero-order chi connectivity index (χ0) is 18.4. The minimum absolute atomic E-state index is 0.151. The lowest BCUT2D eigenvalue weighted by molar-refractivity contribution is -0.121. The Hall–Kier alpha value is -3.35. The lowest BCUT2D eigenvalue weighted by Crippen LogP contribution is -2.34. The fraction of sp³-hybridized carbons (Fsp3) is 0.211. The average molecular weight is 352 g/mol. The molecule has 0 aliphatic rings. The zero-order valence-corrected chi connectivity index (χ0v) is 14.4. The highest BCUT2D eigenvalue weighted by molar-refractivity contribution is 5.80. The third-order valence-electron chi connectivity index (χ3n) is 3.83. The van der Waals surface area contributed by atoms with Gasteiger partial charge in [0.2, 0.25) is 11.9 Å².